The van der Waals surface area contributed by atoms with Crippen LogP contribution in [-0.4, -0.2) is 5.78 Å². The predicted molar refractivity (Wildman–Crippen MR) is 84.3 cm³/mol. The average Bonchev–Trinajstić information content (AvgIpc) is 2.41. The molecular formula is C17H18ClNO. The molecular weight excluding hydrogens is 270 g/mol. The number of nitrogens with two attached hydrogens (primary N) is 1. The van der Waals surface area contributed by atoms with E-state index < -0.39 is 0 Å². The third kappa shape index (κ3) is 3.40. The SMILES string of the molecule is CC(C)Cc1ccc(C(=O)c2ccc(Cl)c(N)c2)cc1. The third-order valence-electron chi connectivity index (χ3n) is 3.12. The summed E-state index contributed by atoms with van der Waals surface area (Å²) in [6, 6.07) is 12.7. The summed E-state index contributed by atoms with van der Waals surface area (Å²) in [5.41, 5.74) is 8.62. The lowest BCUT2D eigenvalue weighted by atomic mass is 9.98. The third-order valence-corrected chi connectivity index (χ3v) is 3.46. The first-order chi connectivity index (χ1) is 9.47. The molecule has 2 nitrogen and oxygen atoms in total. The summed E-state index contributed by atoms with van der Waals surface area (Å²) in [7, 11) is 0. The van der Waals surface area contributed by atoms with E-state index in [1.807, 2.05) is 24.3 Å². The molecule has 0 bridgehead atoms. The molecule has 2 rings (SSSR count). The van der Waals surface area contributed by atoms with E-state index in [9.17, 15) is 4.79 Å². The zero-order valence-electron chi connectivity index (χ0n) is 11.7. The van der Waals surface area contributed by atoms with E-state index in [1.54, 1.807) is 18.2 Å². The summed E-state index contributed by atoms with van der Waals surface area (Å²) in [6.45, 7) is 4.35. The van der Waals surface area contributed by atoms with Gasteiger partial charge in [0.1, 0.15) is 0 Å². The van der Waals surface area contributed by atoms with Gasteiger partial charge in [-0.2, -0.15) is 0 Å². The van der Waals surface area contributed by atoms with Gasteiger partial charge >= 0.3 is 0 Å². The van der Waals surface area contributed by atoms with Gasteiger partial charge in [0.25, 0.3) is 0 Å². The molecule has 20 heavy (non-hydrogen) atoms. The standard InChI is InChI=1S/C17H18ClNO/c1-11(2)9-12-3-5-13(6-4-12)17(20)14-7-8-15(18)16(19)10-14/h3-8,10-11H,9,19H2,1-2H3. The van der Waals surface area contributed by atoms with E-state index in [1.165, 1.54) is 5.56 Å². The molecule has 3 heteroatoms. The second kappa shape index (κ2) is 6.10. The molecule has 0 aliphatic rings. The molecule has 0 amide bonds. The minimum Gasteiger partial charge on any atom is -0.398 e. The minimum atomic E-state index is -0.0375. The molecule has 0 aliphatic carbocycles. The Hall–Kier alpha value is -1.80. The molecule has 2 aromatic rings. The van der Waals surface area contributed by atoms with Crippen molar-refractivity contribution in [3.63, 3.8) is 0 Å². The van der Waals surface area contributed by atoms with Crippen LogP contribution in [0.5, 0.6) is 0 Å². The average molecular weight is 288 g/mol. The van der Waals surface area contributed by atoms with Crippen LogP contribution in [0.25, 0.3) is 0 Å². The first kappa shape index (κ1) is 14.6. The summed E-state index contributed by atoms with van der Waals surface area (Å²) >= 11 is 5.86. The number of carbonyl (C=O) groups excluding carboxylic acids is 1. The number of nitrogen functional groups attached to an aromatic ring is 1. The van der Waals surface area contributed by atoms with Crippen molar-refractivity contribution in [2.75, 3.05) is 5.73 Å². The molecule has 2 aromatic carbocycles. The fraction of sp³-hybridized carbons (Fsp3) is 0.235. The van der Waals surface area contributed by atoms with Crippen molar-refractivity contribution in [2.24, 2.45) is 5.92 Å². The Morgan fingerprint density at radius 2 is 1.70 bits per heavy atom. The van der Waals surface area contributed by atoms with Gasteiger partial charge in [-0.05, 0) is 36.1 Å². The first-order valence-electron chi connectivity index (χ1n) is 6.66. The molecule has 0 unspecified atom stereocenters. The summed E-state index contributed by atoms with van der Waals surface area (Å²) in [5.74, 6) is 0.567. The van der Waals surface area contributed by atoms with Gasteiger partial charge in [0.05, 0.1) is 10.7 Å². The van der Waals surface area contributed by atoms with Crippen LogP contribution in [0.3, 0.4) is 0 Å². The zero-order chi connectivity index (χ0) is 14.7. The van der Waals surface area contributed by atoms with Crippen LogP contribution in [0.15, 0.2) is 42.5 Å². The number of carbonyl (C=O) groups is 1. The molecule has 0 radical (unpaired) electrons. The van der Waals surface area contributed by atoms with Crippen molar-refractivity contribution in [3.8, 4) is 0 Å². The van der Waals surface area contributed by atoms with E-state index >= 15 is 0 Å². The number of anilines is 1. The van der Waals surface area contributed by atoms with Gasteiger partial charge in [-0.15, -0.1) is 0 Å². The smallest absolute Gasteiger partial charge is 0.193 e. The van der Waals surface area contributed by atoms with E-state index in [-0.39, 0.29) is 5.78 Å². The normalized spacial score (nSPS) is 10.8. The number of hydrogen-bond donors (Lipinski definition) is 1. The molecule has 0 aliphatic heterocycles. The van der Waals surface area contributed by atoms with Gasteiger partial charge in [-0.3, -0.25) is 4.79 Å². The van der Waals surface area contributed by atoms with Gasteiger partial charge < -0.3 is 5.73 Å². The van der Waals surface area contributed by atoms with Gasteiger partial charge in [-0.1, -0.05) is 49.7 Å². The maximum Gasteiger partial charge on any atom is 0.193 e. The van der Waals surface area contributed by atoms with Crippen LogP contribution in [0.4, 0.5) is 5.69 Å². The number of benzene rings is 2. The second-order valence-electron chi connectivity index (χ2n) is 5.36. The highest BCUT2D eigenvalue weighted by Crippen LogP contribution is 2.21. The highest BCUT2D eigenvalue weighted by Gasteiger charge is 2.10. The second-order valence-corrected chi connectivity index (χ2v) is 5.77. The molecule has 0 spiro atoms. The van der Waals surface area contributed by atoms with Crippen LogP contribution in [0.1, 0.15) is 35.3 Å². The Bertz CT molecular complexity index is 617. The van der Waals surface area contributed by atoms with Crippen LogP contribution < -0.4 is 5.73 Å². The Morgan fingerprint density at radius 1 is 1.10 bits per heavy atom. The van der Waals surface area contributed by atoms with E-state index in [2.05, 4.69) is 13.8 Å². The molecule has 0 aromatic heterocycles. The van der Waals surface area contributed by atoms with Crippen LogP contribution in [-0.2, 0) is 6.42 Å². The lowest BCUT2D eigenvalue weighted by Crippen LogP contribution is -2.03. The molecule has 0 atom stereocenters. The lowest BCUT2D eigenvalue weighted by molar-refractivity contribution is 0.103. The summed E-state index contributed by atoms with van der Waals surface area (Å²) < 4.78 is 0. The maximum atomic E-state index is 12.3. The predicted octanol–water partition coefficient (Wildman–Crippen LogP) is 4.35. The summed E-state index contributed by atoms with van der Waals surface area (Å²) in [5, 5.41) is 0.467. The molecule has 0 fully saturated rings. The van der Waals surface area contributed by atoms with Gasteiger partial charge in [0, 0.05) is 11.1 Å². The van der Waals surface area contributed by atoms with E-state index in [0.717, 1.165) is 6.42 Å². The van der Waals surface area contributed by atoms with Crippen molar-refractivity contribution in [2.45, 2.75) is 20.3 Å². The van der Waals surface area contributed by atoms with Gasteiger partial charge in [0.2, 0.25) is 0 Å². The Balaban J connectivity index is 2.22. The largest absolute Gasteiger partial charge is 0.398 e. The first-order valence-corrected chi connectivity index (χ1v) is 7.04. The highest BCUT2D eigenvalue weighted by molar-refractivity contribution is 6.33. The fourth-order valence-corrected chi connectivity index (χ4v) is 2.23. The van der Waals surface area contributed by atoms with Crippen LogP contribution in [0, 0.1) is 5.92 Å². The van der Waals surface area contributed by atoms with E-state index in [4.69, 9.17) is 17.3 Å². The summed E-state index contributed by atoms with van der Waals surface area (Å²) in [6.07, 6.45) is 1.02. The Morgan fingerprint density at radius 3 is 2.25 bits per heavy atom. The van der Waals surface area contributed by atoms with Gasteiger partial charge in [-0.25, -0.2) is 0 Å². The Labute approximate surface area is 124 Å². The monoisotopic (exact) mass is 287 g/mol. The van der Waals surface area contributed by atoms with Crippen molar-refractivity contribution in [3.05, 3.63) is 64.2 Å². The zero-order valence-corrected chi connectivity index (χ0v) is 12.4. The van der Waals surface area contributed by atoms with Gasteiger partial charge in [0.15, 0.2) is 5.78 Å². The van der Waals surface area contributed by atoms with Crippen molar-refractivity contribution in [1.82, 2.24) is 0 Å². The maximum absolute atomic E-state index is 12.3. The van der Waals surface area contributed by atoms with Crippen LogP contribution >= 0.6 is 11.6 Å². The number of hydrogen-bond acceptors (Lipinski definition) is 2. The fourth-order valence-electron chi connectivity index (χ4n) is 2.12. The van der Waals surface area contributed by atoms with Crippen LogP contribution in [0.2, 0.25) is 5.02 Å². The van der Waals surface area contributed by atoms with E-state index in [0.29, 0.717) is 27.8 Å². The minimum absolute atomic E-state index is 0.0375. The highest BCUT2D eigenvalue weighted by atomic mass is 35.5. The molecule has 0 heterocycles. The molecule has 2 N–H and O–H groups in total. The molecule has 104 valence electrons. The molecule has 0 saturated heterocycles. The lowest BCUT2D eigenvalue weighted by Gasteiger charge is -2.07. The number of halogens is 1. The van der Waals surface area contributed by atoms with Crippen molar-refractivity contribution in [1.29, 1.82) is 0 Å². The van der Waals surface area contributed by atoms with Crippen molar-refractivity contribution < 1.29 is 4.79 Å². The quantitative estimate of drug-likeness (QED) is 0.671. The van der Waals surface area contributed by atoms with Crippen molar-refractivity contribution >= 4 is 23.1 Å². The Kier molecular flexibility index (Phi) is 4.46. The number of ketones is 1. The molecule has 0 saturated carbocycles. The number of rotatable bonds is 4. The summed E-state index contributed by atoms with van der Waals surface area (Å²) in [4.78, 5) is 12.3. The topological polar surface area (TPSA) is 43.1 Å².